The number of hydrogen-bond donors (Lipinski definition) is 2. The first-order valence-electron chi connectivity index (χ1n) is 12.2. The van der Waals surface area contributed by atoms with Gasteiger partial charge in [-0.3, -0.25) is 4.79 Å². The minimum Gasteiger partial charge on any atom is -0.493 e. The molecule has 1 saturated heterocycles. The summed E-state index contributed by atoms with van der Waals surface area (Å²) >= 11 is 0. The van der Waals surface area contributed by atoms with Crippen molar-refractivity contribution in [2.24, 2.45) is 5.92 Å². The Kier molecular flexibility index (Phi) is 8.60. The van der Waals surface area contributed by atoms with Crippen molar-refractivity contribution in [3.8, 4) is 17.2 Å². The molecule has 2 aromatic carbocycles. The Balaban J connectivity index is 1.38. The summed E-state index contributed by atoms with van der Waals surface area (Å²) < 4.78 is 29.3. The van der Waals surface area contributed by atoms with Crippen LogP contribution in [0.15, 0.2) is 48.7 Å². The minimum absolute atomic E-state index is 0.0247. The van der Waals surface area contributed by atoms with E-state index < -0.39 is 0 Å². The van der Waals surface area contributed by atoms with Gasteiger partial charge in [-0.25, -0.2) is 9.37 Å². The Bertz CT molecular complexity index is 1180. The second kappa shape index (κ2) is 12.2. The predicted molar refractivity (Wildman–Crippen MR) is 139 cm³/mol. The monoisotopic (exact) mass is 509 g/mol. The van der Waals surface area contributed by atoms with E-state index in [4.69, 9.17) is 14.2 Å². The standard InChI is InChI=1S/C27H32FN5O4/c1-35-22-15-21(16-23(36-2)25(22)37-3)31-27-30-13-11-24(32-27)33-14-4-5-19(17-33)26(34)29-12-10-18-6-8-20(28)9-7-18/h6-9,11,13,15-16,19H,4-5,10,12,14,17H2,1-3H3,(H,29,34)(H,30,31,32)/t19-/m0/s1. The van der Waals surface area contributed by atoms with Crippen molar-refractivity contribution in [2.75, 3.05) is 51.2 Å². The van der Waals surface area contributed by atoms with Gasteiger partial charge >= 0.3 is 0 Å². The molecule has 0 bridgehead atoms. The summed E-state index contributed by atoms with van der Waals surface area (Å²) in [6, 6.07) is 11.8. The molecule has 10 heteroatoms. The molecule has 0 unspecified atom stereocenters. The van der Waals surface area contributed by atoms with E-state index in [2.05, 4.69) is 25.5 Å². The van der Waals surface area contributed by atoms with Crippen molar-refractivity contribution >= 4 is 23.4 Å². The van der Waals surface area contributed by atoms with Crippen molar-refractivity contribution < 1.29 is 23.4 Å². The number of aromatic nitrogens is 2. The Morgan fingerprint density at radius 2 is 1.81 bits per heavy atom. The molecule has 1 aliphatic rings. The molecular weight excluding hydrogens is 477 g/mol. The number of nitrogens with zero attached hydrogens (tertiary/aromatic N) is 3. The number of carbonyl (C=O) groups excluding carboxylic acids is 1. The van der Waals surface area contributed by atoms with Gasteiger partial charge in [0, 0.05) is 43.7 Å². The van der Waals surface area contributed by atoms with Gasteiger partial charge in [-0.05, 0) is 43.0 Å². The summed E-state index contributed by atoms with van der Waals surface area (Å²) in [5, 5.41) is 6.22. The summed E-state index contributed by atoms with van der Waals surface area (Å²) in [6.45, 7) is 1.89. The number of amides is 1. The van der Waals surface area contributed by atoms with Crippen LogP contribution in [0.4, 0.5) is 21.8 Å². The summed E-state index contributed by atoms with van der Waals surface area (Å²) in [7, 11) is 4.67. The number of halogens is 1. The van der Waals surface area contributed by atoms with E-state index in [1.807, 2.05) is 6.07 Å². The normalized spacial score (nSPS) is 15.1. The lowest BCUT2D eigenvalue weighted by atomic mass is 9.97. The lowest BCUT2D eigenvalue weighted by Gasteiger charge is -2.33. The maximum Gasteiger partial charge on any atom is 0.229 e. The minimum atomic E-state index is -0.262. The van der Waals surface area contributed by atoms with Gasteiger partial charge in [-0.15, -0.1) is 0 Å². The van der Waals surface area contributed by atoms with E-state index in [-0.39, 0.29) is 17.6 Å². The molecule has 2 heterocycles. The van der Waals surface area contributed by atoms with Crippen molar-refractivity contribution in [3.05, 3.63) is 60.0 Å². The molecule has 1 aromatic heterocycles. The van der Waals surface area contributed by atoms with Crippen LogP contribution in [0.3, 0.4) is 0 Å². The molecule has 4 rings (SSSR count). The highest BCUT2D eigenvalue weighted by molar-refractivity contribution is 5.79. The molecule has 1 atom stereocenters. The number of ether oxygens (including phenoxy) is 3. The third kappa shape index (κ3) is 6.58. The molecule has 1 aliphatic heterocycles. The number of nitrogens with one attached hydrogen (secondary N) is 2. The summed E-state index contributed by atoms with van der Waals surface area (Å²) in [6.07, 6.45) is 4.05. The number of benzene rings is 2. The summed E-state index contributed by atoms with van der Waals surface area (Å²) in [5.41, 5.74) is 1.67. The first-order chi connectivity index (χ1) is 18.0. The molecule has 0 aliphatic carbocycles. The average Bonchev–Trinajstić information content (AvgIpc) is 2.93. The van der Waals surface area contributed by atoms with Gasteiger partial charge in [-0.1, -0.05) is 12.1 Å². The zero-order valence-electron chi connectivity index (χ0n) is 21.3. The van der Waals surface area contributed by atoms with Gasteiger partial charge < -0.3 is 29.7 Å². The number of anilines is 3. The van der Waals surface area contributed by atoms with Gasteiger partial charge in [0.1, 0.15) is 11.6 Å². The molecule has 196 valence electrons. The molecule has 0 spiro atoms. The van der Waals surface area contributed by atoms with E-state index in [9.17, 15) is 9.18 Å². The Morgan fingerprint density at radius 3 is 2.49 bits per heavy atom. The third-order valence-electron chi connectivity index (χ3n) is 6.30. The van der Waals surface area contributed by atoms with Gasteiger partial charge in [0.15, 0.2) is 11.5 Å². The van der Waals surface area contributed by atoms with Gasteiger partial charge in [-0.2, -0.15) is 4.98 Å². The van der Waals surface area contributed by atoms with Crippen LogP contribution in [0.25, 0.3) is 0 Å². The fourth-order valence-electron chi connectivity index (χ4n) is 4.39. The Hall–Kier alpha value is -4.08. The number of methoxy groups -OCH3 is 3. The van der Waals surface area contributed by atoms with Gasteiger partial charge in [0.25, 0.3) is 0 Å². The van der Waals surface area contributed by atoms with Crippen molar-refractivity contribution in [1.29, 1.82) is 0 Å². The second-order valence-corrected chi connectivity index (χ2v) is 8.73. The number of hydrogen-bond acceptors (Lipinski definition) is 8. The SMILES string of the molecule is COc1cc(Nc2nccc(N3CCC[C@H](C(=O)NCCc4ccc(F)cc4)C3)n2)cc(OC)c1OC. The Labute approximate surface area is 216 Å². The fraction of sp³-hybridized carbons (Fsp3) is 0.370. The molecule has 37 heavy (non-hydrogen) atoms. The topological polar surface area (TPSA) is 97.8 Å². The van der Waals surface area contributed by atoms with E-state index in [1.54, 1.807) is 51.8 Å². The first-order valence-corrected chi connectivity index (χ1v) is 12.2. The highest BCUT2D eigenvalue weighted by Crippen LogP contribution is 2.40. The zero-order valence-corrected chi connectivity index (χ0v) is 21.3. The van der Waals surface area contributed by atoms with Crippen LogP contribution in [0.2, 0.25) is 0 Å². The van der Waals surface area contributed by atoms with E-state index in [0.717, 1.165) is 30.8 Å². The summed E-state index contributed by atoms with van der Waals surface area (Å²) in [4.78, 5) is 24.0. The maximum absolute atomic E-state index is 13.1. The van der Waals surface area contributed by atoms with Crippen LogP contribution in [-0.4, -0.2) is 56.8 Å². The van der Waals surface area contributed by atoms with E-state index >= 15 is 0 Å². The van der Waals surface area contributed by atoms with E-state index in [0.29, 0.717) is 48.4 Å². The lowest BCUT2D eigenvalue weighted by Crippen LogP contribution is -2.43. The van der Waals surface area contributed by atoms with Crippen LogP contribution in [0.1, 0.15) is 18.4 Å². The van der Waals surface area contributed by atoms with Crippen LogP contribution < -0.4 is 29.7 Å². The van der Waals surface area contributed by atoms with Crippen molar-refractivity contribution in [1.82, 2.24) is 15.3 Å². The highest BCUT2D eigenvalue weighted by atomic mass is 19.1. The molecule has 9 nitrogen and oxygen atoms in total. The zero-order chi connectivity index (χ0) is 26.2. The molecule has 2 N–H and O–H groups in total. The number of carbonyl (C=O) groups is 1. The smallest absolute Gasteiger partial charge is 0.229 e. The number of rotatable bonds is 10. The first kappa shape index (κ1) is 26.0. The molecule has 1 fully saturated rings. The molecule has 3 aromatic rings. The molecule has 0 radical (unpaired) electrons. The summed E-state index contributed by atoms with van der Waals surface area (Å²) in [5.74, 6) is 2.32. The van der Waals surface area contributed by atoms with Crippen molar-refractivity contribution in [3.63, 3.8) is 0 Å². The third-order valence-corrected chi connectivity index (χ3v) is 6.30. The predicted octanol–water partition coefficient (Wildman–Crippen LogP) is 3.96. The van der Waals surface area contributed by atoms with Crippen LogP contribution in [0.5, 0.6) is 17.2 Å². The van der Waals surface area contributed by atoms with Crippen molar-refractivity contribution in [2.45, 2.75) is 19.3 Å². The van der Waals surface area contributed by atoms with Gasteiger partial charge in [0.2, 0.25) is 17.6 Å². The van der Waals surface area contributed by atoms with Gasteiger partial charge in [0.05, 0.1) is 27.2 Å². The van der Waals surface area contributed by atoms with Crippen LogP contribution in [-0.2, 0) is 11.2 Å². The molecular formula is C27H32FN5O4. The molecule has 0 saturated carbocycles. The maximum atomic E-state index is 13.1. The largest absolute Gasteiger partial charge is 0.493 e. The average molecular weight is 510 g/mol. The quantitative estimate of drug-likeness (QED) is 0.424. The highest BCUT2D eigenvalue weighted by Gasteiger charge is 2.26. The second-order valence-electron chi connectivity index (χ2n) is 8.73. The van der Waals surface area contributed by atoms with Crippen LogP contribution in [0, 0.1) is 11.7 Å². The number of piperidine rings is 1. The van der Waals surface area contributed by atoms with Crippen LogP contribution >= 0.6 is 0 Å². The molecule has 1 amide bonds. The lowest BCUT2D eigenvalue weighted by molar-refractivity contribution is -0.125. The fourth-order valence-corrected chi connectivity index (χ4v) is 4.39. The Morgan fingerprint density at radius 1 is 1.08 bits per heavy atom. The van der Waals surface area contributed by atoms with E-state index in [1.165, 1.54) is 12.1 Å².